The van der Waals surface area contributed by atoms with Gasteiger partial charge in [0.25, 0.3) is 0 Å². The van der Waals surface area contributed by atoms with Gasteiger partial charge in [-0.3, -0.25) is 4.79 Å². The smallest absolute Gasteiger partial charge is 0.313 e. The molecule has 0 saturated heterocycles. The van der Waals surface area contributed by atoms with Crippen molar-refractivity contribution in [2.75, 3.05) is 6.61 Å². The molecule has 0 radical (unpaired) electrons. The second-order valence-corrected chi connectivity index (χ2v) is 6.09. The van der Waals surface area contributed by atoms with Gasteiger partial charge in [0.1, 0.15) is 5.41 Å². The lowest BCUT2D eigenvalue weighted by Gasteiger charge is -2.29. The Labute approximate surface area is 136 Å². The number of hydrogen-bond acceptors (Lipinski definition) is 3. The lowest BCUT2D eigenvalue weighted by molar-refractivity contribution is -0.151. The van der Waals surface area contributed by atoms with Gasteiger partial charge in [0, 0.05) is 6.04 Å². The minimum Gasteiger partial charge on any atom is -0.481 e. The van der Waals surface area contributed by atoms with Crippen molar-refractivity contribution in [1.29, 1.82) is 0 Å². The van der Waals surface area contributed by atoms with Crippen LogP contribution in [-0.2, 0) is 11.2 Å². The van der Waals surface area contributed by atoms with E-state index in [4.69, 9.17) is 5.73 Å². The molecule has 0 aromatic heterocycles. The number of hydrogen-bond donors (Lipinski definition) is 3. The number of aliphatic hydroxyl groups is 1. The van der Waals surface area contributed by atoms with E-state index in [0.717, 1.165) is 16.7 Å². The summed E-state index contributed by atoms with van der Waals surface area (Å²) < 4.78 is 0. The monoisotopic (exact) mass is 313 g/mol. The number of benzene rings is 2. The van der Waals surface area contributed by atoms with Crippen molar-refractivity contribution in [2.45, 2.75) is 25.8 Å². The van der Waals surface area contributed by atoms with Crippen LogP contribution >= 0.6 is 0 Å². The predicted molar refractivity (Wildman–Crippen MR) is 91.0 cm³/mol. The third-order valence-corrected chi connectivity index (χ3v) is 4.44. The minimum absolute atomic E-state index is 0.462. The van der Waals surface area contributed by atoms with Gasteiger partial charge in [-0.2, -0.15) is 0 Å². The Morgan fingerprint density at radius 3 is 2.17 bits per heavy atom. The van der Waals surface area contributed by atoms with Gasteiger partial charge in [-0.05, 0) is 36.5 Å². The van der Waals surface area contributed by atoms with Gasteiger partial charge in [0.2, 0.25) is 0 Å². The van der Waals surface area contributed by atoms with E-state index in [9.17, 15) is 15.0 Å². The standard InChI is InChI=1S/C19H23NO3/c1-19(13-21,18(22)23)17(20)12-9-14-7-10-16(11-8-14)15-5-3-2-4-6-15/h2-8,10-11,17,21H,9,12-13,20H2,1H3,(H,22,23)/t17-,19?/m1/s1. The molecule has 1 unspecified atom stereocenters. The lowest BCUT2D eigenvalue weighted by Crippen LogP contribution is -2.48. The largest absolute Gasteiger partial charge is 0.481 e. The van der Waals surface area contributed by atoms with Crippen LogP contribution in [0.1, 0.15) is 18.9 Å². The second-order valence-electron chi connectivity index (χ2n) is 6.09. The Morgan fingerprint density at radius 2 is 1.65 bits per heavy atom. The normalized spacial score (nSPS) is 14.9. The topological polar surface area (TPSA) is 83.5 Å². The Kier molecular flexibility index (Phi) is 5.53. The van der Waals surface area contributed by atoms with Crippen molar-refractivity contribution >= 4 is 5.97 Å². The third kappa shape index (κ3) is 3.97. The summed E-state index contributed by atoms with van der Waals surface area (Å²) in [6.45, 7) is 1.02. The van der Waals surface area contributed by atoms with Crippen LogP contribution in [0.3, 0.4) is 0 Å². The molecule has 0 aliphatic carbocycles. The van der Waals surface area contributed by atoms with Crippen LogP contribution in [0.2, 0.25) is 0 Å². The lowest BCUT2D eigenvalue weighted by atomic mass is 9.81. The minimum atomic E-state index is -1.30. The molecule has 0 bridgehead atoms. The van der Waals surface area contributed by atoms with Gasteiger partial charge in [-0.1, -0.05) is 54.6 Å². The second kappa shape index (κ2) is 7.40. The van der Waals surface area contributed by atoms with Crippen LogP contribution in [0.5, 0.6) is 0 Å². The summed E-state index contributed by atoms with van der Waals surface area (Å²) in [4.78, 5) is 11.3. The van der Waals surface area contributed by atoms with E-state index >= 15 is 0 Å². The van der Waals surface area contributed by atoms with Crippen LogP contribution in [0.15, 0.2) is 54.6 Å². The van der Waals surface area contributed by atoms with E-state index in [1.54, 1.807) is 0 Å². The fraction of sp³-hybridized carbons (Fsp3) is 0.316. The summed E-state index contributed by atoms with van der Waals surface area (Å²) in [7, 11) is 0. The molecular weight excluding hydrogens is 290 g/mol. The van der Waals surface area contributed by atoms with Crippen molar-refractivity contribution < 1.29 is 15.0 Å². The summed E-state index contributed by atoms with van der Waals surface area (Å²) in [5.41, 5.74) is 8.10. The highest BCUT2D eigenvalue weighted by atomic mass is 16.4. The van der Waals surface area contributed by atoms with Gasteiger partial charge in [-0.15, -0.1) is 0 Å². The maximum atomic E-state index is 11.3. The van der Waals surface area contributed by atoms with Gasteiger partial charge in [0.05, 0.1) is 6.61 Å². The number of nitrogens with two attached hydrogens (primary N) is 1. The van der Waals surface area contributed by atoms with E-state index in [-0.39, 0.29) is 0 Å². The molecule has 0 heterocycles. The highest BCUT2D eigenvalue weighted by molar-refractivity contribution is 5.75. The van der Waals surface area contributed by atoms with Crippen LogP contribution in [0, 0.1) is 5.41 Å². The number of carbonyl (C=O) groups is 1. The van der Waals surface area contributed by atoms with Crippen molar-refractivity contribution in [3.05, 3.63) is 60.2 Å². The number of carboxylic acid groups (broad SMARTS) is 1. The van der Waals surface area contributed by atoms with E-state index in [1.165, 1.54) is 6.92 Å². The van der Waals surface area contributed by atoms with E-state index in [2.05, 4.69) is 24.3 Å². The number of rotatable bonds is 7. The fourth-order valence-corrected chi connectivity index (χ4v) is 2.48. The summed E-state index contributed by atoms with van der Waals surface area (Å²) in [6, 6.07) is 17.7. The van der Waals surface area contributed by atoms with Gasteiger partial charge in [-0.25, -0.2) is 0 Å². The van der Waals surface area contributed by atoms with E-state index < -0.39 is 24.0 Å². The first kappa shape index (κ1) is 17.2. The average molecular weight is 313 g/mol. The first-order chi connectivity index (χ1) is 11.0. The molecule has 2 aromatic rings. The highest BCUT2D eigenvalue weighted by Gasteiger charge is 2.38. The quantitative estimate of drug-likeness (QED) is 0.734. The maximum Gasteiger partial charge on any atom is 0.313 e. The van der Waals surface area contributed by atoms with E-state index in [1.807, 2.05) is 30.3 Å². The summed E-state index contributed by atoms with van der Waals surface area (Å²) in [5, 5.41) is 18.5. The van der Waals surface area contributed by atoms with Crippen LogP contribution in [0.4, 0.5) is 0 Å². The molecule has 4 heteroatoms. The molecule has 0 spiro atoms. The Hall–Kier alpha value is -2.17. The Bertz CT molecular complexity index is 639. The summed E-state index contributed by atoms with van der Waals surface area (Å²) in [6.07, 6.45) is 1.19. The average Bonchev–Trinajstić information content (AvgIpc) is 2.59. The molecule has 0 aliphatic rings. The number of aliphatic carboxylic acids is 1. The first-order valence-electron chi connectivity index (χ1n) is 7.71. The zero-order valence-electron chi connectivity index (χ0n) is 13.3. The SMILES string of the molecule is CC(CO)(C(=O)O)[C@H](N)CCc1ccc(-c2ccccc2)cc1. The predicted octanol–water partition coefficient (Wildman–Crippen LogP) is 2.70. The van der Waals surface area contributed by atoms with Gasteiger partial charge >= 0.3 is 5.97 Å². The molecule has 2 aromatic carbocycles. The number of carboxylic acids is 1. The molecule has 4 N–H and O–H groups in total. The molecule has 122 valence electrons. The van der Waals surface area contributed by atoms with Crippen molar-refractivity contribution in [2.24, 2.45) is 11.1 Å². The molecule has 4 nitrogen and oxygen atoms in total. The van der Waals surface area contributed by atoms with E-state index in [0.29, 0.717) is 12.8 Å². The van der Waals surface area contributed by atoms with Gasteiger partial charge in [0.15, 0.2) is 0 Å². The highest BCUT2D eigenvalue weighted by Crippen LogP contribution is 2.24. The van der Waals surface area contributed by atoms with Gasteiger partial charge < -0.3 is 15.9 Å². The zero-order valence-corrected chi connectivity index (χ0v) is 13.3. The molecule has 0 saturated carbocycles. The molecule has 2 atom stereocenters. The molecule has 0 amide bonds. The molecular formula is C19H23NO3. The maximum absolute atomic E-state index is 11.3. The molecule has 0 fully saturated rings. The van der Waals surface area contributed by atoms with Crippen molar-refractivity contribution in [1.82, 2.24) is 0 Å². The van der Waals surface area contributed by atoms with Crippen LogP contribution in [-0.4, -0.2) is 28.8 Å². The fourth-order valence-electron chi connectivity index (χ4n) is 2.48. The van der Waals surface area contributed by atoms with Crippen LogP contribution < -0.4 is 5.73 Å². The van der Waals surface area contributed by atoms with Crippen LogP contribution in [0.25, 0.3) is 11.1 Å². The zero-order chi connectivity index (χ0) is 16.9. The summed E-state index contributed by atoms with van der Waals surface area (Å²) >= 11 is 0. The van der Waals surface area contributed by atoms with Crippen molar-refractivity contribution in [3.8, 4) is 11.1 Å². The third-order valence-electron chi connectivity index (χ3n) is 4.44. The number of aliphatic hydroxyl groups excluding tert-OH is 1. The molecule has 23 heavy (non-hydrogen) atoms. The van der Waals surface area contributed by atoms with Crippen molar-refractivity contribution in [3.63, 3.8) is 0 Å². The molecule has 0 aliphatic heterocycles. The molecule has 2 rings (SSSR count). The number of aryl methyl sites for hydroxylation is 1. The Balaban J connectivity index is 2.00. The first-order valence-corrected chi connectivity index (χ1v) is 7.71. The Morgan fingerprint density at radius 1 is 1.09 bits per heavy atom. The summed E-state index contributed by atoms with van der Waals surface area (Å²) in [5.74, 6) is -1.06.